The summed E-state index contributed by atoms with van der Waals surface area (Å²) in [5.41, 5.74) is -0.0785. The summed E-state index contributed by atoms with van der Waals surface area (Å²) >= 11 is 0. The Morgan fingerprint density at radius 1 is 1.30 bits per heavy atom. The van der Waals surface area contributed by atoms with E-state index in [0.717, 1.165) is 6.42 Å². The SMILES string of the molecule is C=CC(=O)OCC12C3CCC(C3)C1C1CC2C(O)C1O. The lowest BCUT2D eigenvalue weighted by Gasteiger charge is -2.49. The molecule has 4 saturated carbocycles. The van der Waals surface area contributed by atoms with E-state index in [1.54, 1.807) is 0 Å². The van der Waals surface area contributed by atoms with Crippen LogP contribution in [0.4, 0.5) is 0 Å². The summed E-state index contributed by atoms with van der Waals surface area (Å²) in [7, 11) is 0. The van der Waals surface area contributed by atoms with Crippen LogP contribution < -0.4 is 0 Å². The summed E-state index contributed by atoms with van der Waals surface area (Å²) in [5.74, 6) is 1.56. The average Bonchev–Trinajstić information content (AvgIpc) is 3.16. The zero-order valence-electron chi connectivity index (χ0n) is 11.6. The van der Waals surface area contributed by atoms with Crippen LogP contribution in [0.15, 0.2) is 12.7 Å². The third-order valence-electron chi connectivity index (χ3n) is 6.87. The maximum atomic E-state index is 11.5. The van der Waals surface area contributed by atoms with Crippen molar-refractivity contribution in [3.8, 4) is 0 Å². The van der Waals surface area contributed by atoms with Crippen LogP contribution in [0.2, 0.25) is 0 Å². The van der Waals surface area contributed by atoms with Gasteiger partial charge in [-0.25, -0.2) is 4.79 Å². The Balaban J connectivity index is 1.68. The molecular weight excluding hydrogens is 256 g/mol. The van der Waals surface area contributed by atoms with Gasteiger partial charge < -0.3 is 14.9 Å². The molecule has 4 fully saturated rings. The standard InChI is InChI=1S/C16H22O4/c1-2-12(17)20-7-16-9-4-3-8(5-9)13(16)10-6-11(16)15(19)14(10)18/h2,8-11,13-15,18-19H,1,3-7H2. The predicted molar refractivity (Wildman–Crippen MR) is 71.5 cm³/mol. The molecule has 2 N–H and O–H groups in total. The first-order chi connectivity index (χ1) is 9.59. The van der Waals surface area contributed by atoms with Crippen LogP contribution in [0, 0.1) is 35.0 Å². The number of ether oxygens (including phenoxy) is 1. The number of aliphatic hydroxyl groups is 2. The van der Waals surface area contributed by atoms with Gasteiger partial charge in [-0.1, -0.05) is 6.58 Å². The maximum Gasteiger partial charge on any atom is 0.330 e. The van der Waals surface area contributed by atoms with Crippen LogP contribution in [-0.2, 0) is 9.53 Å². The van der Waals surface area contributed by atoms with Gasteiger partial charge in [0.05, 0.1) is 18.8 Å². The van der Waals surface area contributed by atoms with Crippen molar-refractivity contribution in [1.82, 2.24) is 0 Å². The Hall–Kier alpha value is -0.870. The van der Waals surface area contributed by atoms with Gasteiger partial charge in [0.1, 0.15) is 0 Å². The highest BCUT2D eigenvalue weighted by Gasteiger charge is 2.73. The minimum absolute atomic E-state index is 0.0785. The first-order valence-corrected chi connectivity index (χ1v) is 7.75. The zero-order chi connectivity index (χ0) is 14.1. The van der Waals surface area contributed by atoms with Crippen molar-refractivity contribution in [2.24, 2.45) is 35.0 Å². The van der Waals surface area contributed by atoms with Crippen molar-refractivity contribution in [2.75, 3.05) is 6.61 Å². The van der Waals surface area contributed by atoms with Crippen LogP contribution in [0.25, 0.3) is 0 Å². The smallest absolute Gasteiger partial charge is 0.330 e. The molecule has 0 aromatic rings. The lowest BCUT2D eigenvalue weighted by Crippen LogP contribution is -2.54. The number of hydrogen-bond acceptors (Lipinski definition) is 4. The van der Waals surface area contributed by atoms with Gasteiger partial charge in [0.25, 0.3) is 0 Å². The van der Waals surface area contributed by atoms with Crippen molar-refractivity contribution >= 4 is 5.97 Å². The molecule has 0 heterocycles. The number of fused-ring (bicyclic) bond motifs is 9. The predicted octanol–water partition coefficient (Wildman–Crippen LogP) is 1.12. The molecule has 0 amide bonds. The van der Waals surface area contributed by atoms with Gasteiger partial charge in [-0.05, 0) is 55.3 Å². The second kappa shape index (κ2) is 4.08. The number of carbonyl (C=O) groups is 1. The second-order valence-corrected chi connectivity index (χ2v) is 7.21. The molecule has 0 aromatic heterocycles. The quantitative estimate of drug-likeness (QED) is 0.461. The molecule has 0 spiro atoms. The lowest BCUT2D eigenvalue weighted by molar-refractivity contribution is -0.160. The molecule has 4 aliphatic rings. The molecule has 8 unspecified atom stereocenters. The van der Waals surface area contributed by atoms with Crippen LogP contribution in [0.3, 0.4) is 0 Å². The van der Waals surface area contributed by atoms with E-state index in [1.165, 1.54) is 25.3 Å². The summed E-state index contributed by atoms with van der Waals surface area (Å²) in [6.07, 6.45) is 4.48. The third kappa shape index (κ3) is 1.32. The molecule has 0 saturated heterocycles. The highest BCUT2D eigenvalue weighted by atomic mass is 16.5. The molecule has 110 valence electrons. The van der Waals surface area contributed by atoms with Gasteiger partial charge in [0.2, 0.25) is 0 Å². The number of carbonyl (C=O) groups excluding carboxylic acids is 1. The van der Waals surface area contributed by atoms with Gasteiger partial charge in [0.15, 0.2) is 0 Å². The molecule has 4 nitrogen and oxygen atoms in total. The summed E-state index contributed by atoms with van der Waals surface area (Å²) in [6.45, 7) is 3.85. The highest BCUT2D eigenvalue weighted by Crippen LogP contribution is 2.74. The van der Waals surface area contributed by atoms with E-state index < -0.39 is 12.2 Å². The van der Waals surface area contributed by atoms with E-state index in [2.05, 4.69) is 6.58 Å². The van der Waals surface area contributed by atoms with Gasteiger partial charge in [-0.15, -0.1) is 0 Å². The van der Waals surface area contributed by atoms with Gasteiger partial charge in [0, 0.05) is 11.5 Å². The molecule has 4 rings (SSSR count). The second-order valence-electron chi connectivity index (χ2n) is 7.21. The summed E-state index contributed by atoms with van der Waals surface area (Å²) in [6, 6.07) is 0. The van der Waals surface area contributed by atoms with Crippen molar-refractivity contribution in [3.63, 3.8) is 0 Å². The van der Waals surface area contributed by atoms with Crippen molar-refractivity contribution in [2.45, 2.75) is 37.9 Å². The monoisotopic (exact) mass is 278 g/mol. The van der Waals surface area contributed by atoms with E-state index in [0.29, 0.717) is 24.4 Å². The molecule has 4 heteroatoms. The molecule has 4 bridgehead atoms. The number of aliphatic hydroxyl groups excluding tert-OH is 2. The summed E-state index contributed by atoms with van der Waals surface area (Å²) in [4.78, 5) is 11.5. The topological polar surface area (TPSA) is 66.8 Å². The Morgan fingerprint density at radius 2 is 2.10 bits per heavy atom. The Morgan fingerprint density at radius 3 is 2.85 bits per heavy atom. The normalized spacial score (nSPS) is 55.0. The fourth-order valence-corrected chi connectivity index (χ4v) is 6.38. The molecule has 4 aliphatic carbocycles. The van der Waals surface area contributed by atoms with Crippen LogP contribution >= 0.6 is 0 Å². The first-order valence-electron chi connectivity index (χ1n) is 7.75. The molecule has 0 radical (unpaired) electrons. The molecular formula is C16H22O4. The van der Waals surface area contributed by atoms with E-state index in [-0.39, 0.29) is 23.2 Å². The fourth-order valence-electron chi connectivity index (χ4n) is 6.38. The van der Waals surface area contributed by atoms with Crippen molar-refractivity contribution in [3.05, 3.63) is 12.7 Å². The molecule has 8 atom stereocenters. The van der Waals surface area contributed by atoms with Crippen LogP contribution in [0.5, 0.6) is 0 Å². The highest BCUT2D eigenvalue weighted by molar-refractivity contribution is 5.81. The summed E-state index contributed by atoms with van der Waals surface area (Å²) in [5, 5.41) is 20.6. The van der Waals surface area contributed by atoms with E-state index >= 15 is 0 Å². The van der Waals surface area contributed by atoms with Gasteiger partial charge >= 0.3 is 5.97 Å². The Bertz CT molecular complexity index is 461. The number of hydrogen-bond donors (Lipinski definition) is 2. The minimum Gasteiger partial charge on any atom is -0.462 e. The molecule has 0 aliphatic heterocycles. The first kappa shape index (κ1) is 12.8. The minimum atomic E-state index is -0.641. The van der Waals surface area contributed by atoms with E-state index in [9.17, 15) is 15.0 Å². The van der Waals surface area contributed by atoms with Crippen molar-refractivity contribution < 1.29 is 19.7 Å². The zero-order valence-corrected chi connectivity index (χ0v) is 11.6. The number of rotatable bonds is 3. The van der Waals surface area contributed by atoms with Crippen molar-refractivity contribution in [1.29, 1.82) is 0 Å². The van der Waals surface area contributed by atoms with Gasteiger partial charge in [-0.3, -0.25) is 0 Å². The Labute approximate surface area is 118 Å². The fraction of sp³-hybridized carbons (Fsp3) is 0.812. The van der Waals surface area contributed by atoms with Crippen LogP contribution in [0.1, 0.15) is 25.7 Å². The average molecular weight is 278 g/mol. The largest absolute Gasteiger partial charge is 0.462 e. The molecule has 0 aromatic carbocycles. The summed E-state index contributed by atoms with van der Waals surface area (Å²) < 4.78 is 5.42. The van der Waals surface area contributed by atoms with E-state index in [4.69, 9.17) is 4.74 Å². The third-order valence-corrected chi connectivity index (χ3v) is 6.87. The lowest BCUT2D eigenvalue weighted by atomic mass is 9.58. The maximum absolute atomic E-state index is 11.5. The van der Waals surface area contributed by atoms with Crippen LogP contribution in [-0.4, -0.2) is 35.0 Å². The Kier molecular flexibility index (Phi) is 2.62. The van der Waals surface area contributed by atoms with E-state index in [1.807, 2.05) is 0 Å². The van der Waals surface area contributed by atoms with Gasteiger partial charge in [-0.2, -0.15) is 0 Å². The molecule has 20 heavy (non-hydrogen) atoms. The number of esters is 1.